The van der Waals surface area contributed by atoms with Gasteiger partial charge in [0.2, 0.25) is 5.91 Å². The van der Waals surface area contributed by atoms with Crippen molar-refractivity contribution in [2.24, 2.45) is 11.7 Å². The minimum absolute atomic E-state index is 0.0392. The summed E-state index contributed by atoms with van der Waals surface area (Å²) < 4.78 is 1.70. The van der Waals surface area contributed by atoms with Crippen LogP contribution >= 0.6 is 0 Å². The second kappa shape index (κ2) is 7.82. The standard InChI is InChI=1S/C21H23N5O2/c22-21(28)18-5-1-4-15-13-26(25-20(15)18)17-8-6-16(7-9-17)24-19(27)11-14-3-2-10-23-12-14/h1,4-9,13-14,23H,2-3,10-12H2,(H2,22,28)(H,24,27)/t14-/m1/s1. The second-order valence-corrected chi connectivity index (χ2v) is 7.19. The van der Waals surface area contributed by atoms with E-state index in [1.165, 1.54) is 0 Å². The van der Waals surface area contributed by atoms with Gasteiger partial charge in [0.05, 0.1) is 11.3 Å². The summed E-state index contributed by atoms with van der Waals surface area (Å²) in [6, 6.07) is 12.8. The third-order valence-electron chi connectivity index (χ3n) is 5.09. The monoisotopic (exact) mass is 377 g/mol. The van der Waals surface area contributed by atoms with Crippen LogP contribution < -0.4 is 16.4 Å². The van der Waals surface area contributed by atoms with Crippen LogP contribution in [0, 0.1) is 5.92 Å². The molecule has 0 spiro atoms. The van der Waals surface area contributed by atoms with E-state index in [4.69, 9.17) is 5.73 Å². The fourth-order valence-corrected chi connectivity index (χ4v) is 3.65. The van der Waals surface area contributed by atoms with Gasteiger partial charge in [-0.1, -0.05) is 12.1 Å². The number of piperidine rings is 1. The van der Waals surface area contributed by atoms with Crippen LogP contribution in [0.3, 0.4) is 0 Å². The first kappa shape index (κ1) is 18.2. The number of amides is 2. The number of aromatic nitrogens is 2. The predicted molar refractivity (Wildman–Crippen MR) is 108 cm³/mol. The molecule has 0 saturated carbocycles. The molecule has 0 aliphatic carbocycles. The van der Waals surface area contributed by atoms with Gasteiger partial charge in [0.1, 0.15) is 5.52 Å². The van der Waals surface area contributed by atoms with Gasteiger partial charge in [-0.05, 0) is 62.2 Å². The average Bonchev–Trinajstić information content (AvgIpc) is 3.13. The Balaban J connectivity index is 1.47. The largest absolute Gasteiger partial charge is 0.366 e. The zero-order valence-corrected chi connectivity index (χ0v) is 15.5. The van der Waals surface area contributed by atoms with Gasteiger partial charge in [0.15, 0.2) is 0 Å². The van der Waals surface area contributed by atoms with Crippen LogP contribution in [-0.2, 0) is 4.79 Å². The number of nitrogens with zero attached hydrogens (tertiary/aromatic N) is 2. The molecule has 2 amide bonds. The number of nitrogens with two attached hydrogens (primary N) is 1. The van der Waals surface area contributed by atoms with E-state index in [1.54, 1.807) is 16.8 Å². The summed E-state index contributed by atoms with van der Waals surface area (Å²) in [6.07, 6.45) is 4.61. The van der Waals surface area contributed by atoms with Gasteiger partial charge in [0, 0.05) is 23.7 Å². The number of carbonyl (C=O) groups is 2. The van der Waals surface area contributed by atoms with Gasteiger partial charge in [0.25, 0.3) is 5.91 Å². The van der Waals surface area contributed by atoms with Crippen molar-refractivity contribution in [3.05, 3.63) is 54.2 Å². The Bertz CT molecular complexity index is 1000. The van der Waals surface area contributed by atoms with E-state index < -0.39 is 5.91 Å². The minimum Gasteiger partial charge on any atom is -0.366 e. The van der Waals surface area contributed by atoms with Gasteiger partial charge < -0.3 is 16.4 Å². The van der Waals surface area contributed by atoms with Crippen molar-refractivity contribution < 1.29 is 9.59 Å². The highest BCUT2D eigenvalue weighted by atomic mass is 16.2. The van der Waals surface area contributed by atoms with E-state index in [1.807, 2.05) is 36.5 Å². The van der Waals surface area contributed by atoms with E-state index in [0.717, 1.165) is 42.7 Å². The van der Waals surface area contributed by atoms with Crippen LogP contribution in [0.1, 0.15) is 29.6 Å². The molecule has 1 aromatic heterocycles. The van der Waals surface area contributed by atoms with Crippen LogP contribution in [0.25, 0.3) is 16.6 Å². The molecule has 1 atom stereocenters. The molecule has 1 aliphatic rings. The van der Waals surface area contributed by atoms with Gasteiger partial charge in [-0.15, -0.1) is 0 Å². The molecule has 1 fully saturated rings. The van der Waals surface area contributed by atoms with Crippen molar-refractivity contribution in [2.45, 2.75) is 19.3 Å². The third kappa shape index (κ3) is 3.89. The van der Waals surface area contributed by atoms with Gasteiger partial charge >= 0.3 is 0 Å². The third-order valence-corrected chi connectivity index (χ3v) is 5.09. The molecule has 7 nitrogen and oxygen atoms in total. The number of carbonyl (C=O) groups excluding carboxylic acids is 2. The summed E-state index contributed by atoms with van der Waals surface area (Å²) in [4.78, 5) is 23.8. The fourth-order valence-electron chi connectivity index (χ4n) is 3.65. The molecule has 28 heavy (non-hydrogen) atoms. The van der Waals surface area contributed by atoms with E-state index in [0.29, 0.717) is 23.4 Å². The summed E-state index contributed by atoms with van der Waals surface area (Å²) in [6.45, 7) is 1.95. The first-order valence-corrected chi connectivity index (χ1v) is 9.49. The van der Waals surface area contributed by atoms with Crippen molar-refractivity contribution in [1.29, 1.82) is 0 Å². The van der Waals surface area contributed by atoms with Crippen molar-refractivity contribution in [3.8, 4) is 5.69 Å². The Hall–Kier alpha value is -3.19. The van der Waals surface area contributed by atoms with Crippen LogP contribution in [-0.4, -0.2) is 34.7 Å². The Labute approximate surface area is 162 Å². The maximum atomic E-state index is 12.3. The lowest BCUT2D eigenvalue weighted by Crippen LogP contribution is -2.32. The molecular weight excluding hydrogens is 354 g/mol. The Morgan fingerprint density at radius 2 is 2.04 bits per heavy atom. The first-order valence-electron chi connectivity index (χ1n) is 9.49. The van der Waals surface area contributed by atoms with E-state index in [2.05, 4.69) is 15.7 Å². The molecule has 7 heteroatoms. The van der Waals surface area contributed by atoms with Gasteiger partial charge in [-0.25, -0.2) is 4.68 Å². The molecule has 2 aromatic carbocycles. The fraction of sp³-hybridized carbons (Fsp3) is 0.286. The lowest BCUT2D eigenvalue weighted by atomic mass is 9.96. The predicted octanol–water partition coefficient (Wildman–Crippen LogP) is 2.45. The number of hydrogen-bond donors (Lipinski definition) is 3. The number of rotatable bonds is 5. The Kier molecular flexibility index (Phi) is 5.08. The van der Waals surface area contributed by atoms with Gasteiger partial charge in [-0.3, -0.25) is 9.59 Å². The van der Waals surface area contributed by atoms with Gasteiger partial charge in [-0.2, -0.15) is 5.10 Å². The maximum absolute atomic E-state index is 12.3. The molecule has 4 rings (SSSR count). The molecule has 3 aromatic rings. The first-order chi connectivity index (χ1) is 13.6. The average molecular weight is 377 g/mol. The number of primary amides is 1. The Morgan fingerprint density at radius 3 is 2.75 bits per heavy atom. The lowest BCUT2D eigenvalue weighted by molar-refractivity contribution is -0.117. The maximum Gasteiger partial charge on any atom is 0.250 e. The smallest absolute Gasteiger partial charge is 0.250 e. The van der Waals surface area contributed by atoms with Crippen molar-refractivity contribution in [2.75, 3.05) is 18.4 Å². The highest BCUT2D eigenvalue weighted by Gasteiger charge is 2.17. The summed E-state index contributed by atoms with van der Waals surface area (Å²) in [7, 11) is 0. The molecule has 4 N–H and O–H groups in total. The molecule has 0 unspecified atom stereocenters. The van der Waals surface area contributed by atoms with Crippen molar-refractivity contribution in [3.63, 3.8) is 0 Å². The Morgan fingerprint density at radius 1 is 1.21 bits per heavy atom. The van der Waals surface area contributed by atoms with Crippen molar-refractivity contribution in [1.82, 2.24) is 15.1 Å². The zero-order chi connectivity index (χ0) is 19.5. The number of nitrogens with one attached hydrogen (secondary N) is 2. The molecule has 2 heterocycles. The molecule has 0 bridgehead atoms. The van der Waals surface area contributed by atoms with Crippen LogP contribution in [0.5, 0.6) is 0 Å². The number of benzene rings is 2. The molecule has 144 valence electrons. The van der Waals surface area contributed by atoms with Crippen molar-refractivity contribution >= 4 is 28.4 Å². The highest BCUT2D eigenvalue weighted by Crippen LogP contribution is 2.21. The van der Waals surface area contributed by atoms with E-state index >= 15 is 0 Å². The lowest BCUT2D eigenvalue weighted by Gasteiger charge is -2.22. The molecule has 1 saturated heterocycles. The number of anilines is 1. The minimum atomic E-state index is -0.498. The SMILES string of the molecule is NC(=O)c1cccc2cn(-c3ccc(NC(=O)C[C@H]4CCCNC4)cc3)nc12. The normalized spacial score (nSPS) is 16.8. The van der Waals surface area contributed by atoms with E-state index in [-0.39, 0.29) is 5.91 Å². The summed E-state index contributed by atoms with van der Waals surface area (Å²) in [5, 5.41) is 11.6. The molecule has 1 aliphatic heterocycles. The molecular formula is C21H23N5O2. The number of hydrogen-bond acceptors (Lipinski definition) is 4. The zero-order valence-electron chi connectivity index (χ0n) is 15.5. The summed E-state index contributed by atoms with van der Waals surface area (Å²) >= 11 is 0. The quantitative estimate of drug-likeness (QED) is 0.635. The molecule has 0 radical (unpaired) electrons. The second-order valence-electron chi connectivity index (χ2n) is 7.19. The highest BCUT2D eigenvalue weighted by molar-refractivity contribution is 6.04. The number of fused-ring (bicyclic) bond motifs is 1. The summed E-state index contributed by atoms with van der Waals surface area (Å²) in [5.74, 6) is -0.0524. The van der Waals surface area contributed by atoms with Crippen LogP contribution in [0.4, 0.5) is 5.69 Å². The van der Waals surface area contributed by atoms with Crippen LogP contribution in [0.15, 0.2) is 48.7 Å². The topological polar surface area (TPSA) is 102 Å². The van der Waals surface area contributed by atoms with E-state index in [9.17, 15) is 9.59 Å². The summed E-state index contributed by atoms with van der Waals surface area (Å²) in [5.41, 5.74) is 8.00. The van der Waals surface area contributed by atoms with Crippen LogP contribution in [0.2, 0.25) is 0 Å².